The molecule has 2 heterocycles. The molecule has 4 rings (SSSR count). The molecule has 2 aliphatic rings. The highest BCUT2D eigenvalue weighted by Gasteiger charge is 2.12. The summed E-state index contributed by atoms with van der Waals surface area (Å²) in [6, 6.07) is 14.7. The van der Waals surface area contributed by atoms with Gasteiger partial charge in [0.05, 0.1) is 19.8 Å². The lowest BCUT2D eigenvalue weighted by Gasteiger charge is -2.15. The van der Waals surface area contributed by atoms with Gasteiger partial charge < -0.3 is 20.1 Å². The van der Waals surface area contributed by atoms with E-state index in [-0.39, 0.29) is 0 Å². The maximum Gasteiger partial charge on any atom is 0.196 e. The Morgan fingerprint density at radius 2 is 1.71 bits per heavy atom. The van der Waals surface area contributed by atoms with Gasteiger partial charge in [-0.1, -0.05) is 30.3 Å². The smallest absolute Gasteiger partial charge is 0.196 e. The number of aliphatic imine (C=N–C) groups is 1. The molecule has 0 aliphatic carbocycles. The summed E-state index contributed by atoms with van der Waals surface area (Å²) < 4.78 is 11.5. The van der Waals surface area contributed by atoms with Crippen LogP contribution in [0.1, 0.15) is 30.4 Å². The summed E-state index contributed by atoms with van der Waals surface area (Å²) in [5.41, 5.74) is 3.45. The van der Waals surface area contributed by atoms with E-state index in [0.717, 1.165) is 30.2 Å². The van der Waals surface area contributed by atoms with Crippen molar-refractivity contribution < 1.29 is 9.47 Å². The predicted octanol–water partition coefficient (Wildman–Crippen LogP) is 4.19. The fraction of sp³-hybridized carbons (Fsp3) is 0.400. The highest BCUT2D eigenvalue weighted by Crippen LogP contribution is 2.32. The maximum atomic E-state index is 5.79. The molecule has 0 saturated carbocycles. The van der Waals surface area contributed by atoms with E-state index in [1.807, 2.05) is 24.3 Å². The molecule has 6 nitrogen and oxygen atoms in total. The second kappa shape index (κ2) is 10.9. The van der Waals surface area contributed by atoms with Crippen LogP contribution in [0.15, 0.2) is 60.1 Å². The summed E-state index contributed by atoms with van der Waals surface area (Å²) >= 11 is 0. The average Bonchev–Trinajstić information content (AvgIpc) is 3.19. The third kappa shape index (κ3) is 6.25. The van der Waals surface area contributed by atoms with Crippen LogP contribution in [-0.2, 0) is 13.1 Å². The van der Waals surface area contributed by atoms with Crippen LogP contribution in [-0.4, -0.2) is 43.7 Å². The van der Waals surface area contributed by atoms with Crippen LogP contribution in [0.4, 0.5) is 5.69 Å². The molecule has 0 bridgehead atoms. The number of fused-ring (bicyclic) bond motifs is 1. The number of nitrogens with zero attached hydrogens (tertiary/aromatic N) is 2. The first kappa shape index (κ1) is 21.2. The highest BCUT2D eigenvalue weighted by atomic mass is 16.5. The van der Waals surface area contributed by atoms with Crippen LogP contribution >= 0.6 is 0 Å². The molecule has 31 heavy (non-hydrogen) atoms. The van der Waals surface area contributed by atoms with E-state index in [1.54, 1.807) is 0 Å². The normalized spacial score (nSPS) is 16.6. The third-order valence-electron chi connectivity index (χ3n) is 5.47. The van der Waals surface area contributed by atoms with Gasteiger partial charge in [-0.05, 0) is 49.2 Å². The van der Waals surface area contributed by atoms with Crippen LogP contribution in [0, 0.1) is 0 Å². The second-order valence-corrected chi connectivity index (χ2v) is 7.97. The Labute approximate surface area is 185 Å². The van der Waals surface area contributed by atoms with E-state index >= 15 is 0 Å². The molecule has 6 heteroatoms. The van der Waals surface area contributed by atoms with Gasteiger partial charge in [0.25, 0.3) is 0 Å². The fourth-order valence-electron chi connectivity index (χ4n) is 3.81. The van der Waals surface area contributed by atoms with E-state index in [9.17, 15) is 0 Å². The number of guanidine groups is 1. The lowest BCUT2D eigenvalue weighted by molar-refractivity contribution is 0.297. The van der Waals surface area contributed by atoms with Crippen molar-refractivity contribution in [2.24, 2.45) is 4.99 Å². The van der Waals surface area contributed by atoms with E-state index in [1.165, 1.54) is 37.1 Å². The minimum Gasteiger partial charge on any atom is -0.490 e. The third-order valence-corrected chi connectivity index (χ3v) is 5.47. The summed E-state index contributed by atoms with van der Waals surface area (Å²) in [6.45, 7) is 9.85. The fourth-order valence-corrected chi connectivity index (χ4v) is 3.81. The zero-order valence-electron chi connectivity index (χ0n) is 18.1. The molecular weight excluding hydrogens is 388 g/mol. The molecule has 2 N–H and O–H groups in total. The molecule has 2 aromatic carbocycles. The predicted molar refractivity (Wildman–Crippen MR) is 126 cm³/mol. The van der Waals surface area contributed by atoms with E-state index in [4.69, 9.17) is 14.5 Å². The minimum absolute atomic E-state index is 0.598. The summed E-state index contributed by atoms with van der Waals surface area (Å²) in [7, 11) is 0. The second-order valence-electron chi connectivity index (χ2n) is 7.97. The molecule has 0 unspecified atom stereocenters. The number of rotatable bonds is 7. The molecular formula is C25H32N4O2. The maximum absolute atomic E-state index is 5.79. The molecule has 0 aromatic heterocycles. The Hall–Kier alpha value is -2.99. The van der Waals surface area contributed by atoms with Gasteiger partial charge in [0.2, 0.25) is 0 Å². The van der Waals surface area contributed by atoms with Gasteiger partial charge in [-0.15, -0.1) is 6.58 Å². The van der Waals surface area contributed by atoms with Crippen molar-refractivity contribution in [3.63, 3.8) is 0 Å². The number of ether oxygens (including phenoxy) is 2. The van der Waals surface area contributed by atoms with Gasteiger partial charge in [-0.25, -0.2) is 4.99 Å². The molecule has 0 amide bonds. The summed E-state index contributed by atoms with van der Waals surface area (Å²) in [4.78, 5) is 7.27. The first-order valence-electron chi connectivity index (χ1n) is 11.2. The molecule has 164 valence electrons. The molecule has 1 saturated heterocycles. The number of anilines is 1. The number of benzene rings is 2. The first-order valence-corrected chi connectivity index (χ1v) is 11.2. The van der Waals surface area contributed by atoms with Crippen molar-refractivity contribution in [2.75, 3.05) is 38.2 Å². The zero-order chi connectivity index (χ0) is 21.3. The van der Waals surface area contributed by atoms with Gasteiger partial charge in [0, 0.05) is 31.3 Å². The Balaban J connectivity index is 1.40. The summed E-state index contributed by atoms with van der Waals surface area (Å²) in [5.74, 6) is 2.25. The topological polar surface area (TPSA) is 58.1 Å². The number of nitrogens with one attached hydrogen (secondary N) is 2. The van der Waals surface area contributed by atoms with E-state index in [2.05, 4.69) is 46.4 Å². The molecule has 0 atom stereocenters. The average molecular weight is 421 g/mol. The first-order chi connectivity index (χ1) is 15.3. The largest absolute Gasteiger partial charge is 0.490 e. The van der Waals surface area contributed by atoms with Crippen molar-refractivity contribution in [1.29, 1.82) is 0 Å². The zero-order valence-corrected chi connectivity index (χ0v) is 18.1. The van der Waals surface area contributed by atoms with Crippen molar-refractivity contribution >= 4 is 11.6 Å². The van der Waals surface area contributed by atoms with Gasteiger partial charge in [0.15, 0.2) is 17.5 Å². The van der Waals surface area contributed by atoms with Crippen LogP contribution in [0.3, 0.4) is 0 Å². The Morgan fingerprint density at radius 3 is 2.48 bits per heavy atom. The highest BCUT2D eigenvalue weighted by molar-refractivity contribution is 5.94. The number of hydrogen-bond acceptors (Lipinski definition) is 4. The van der Waals surface area contributed by atoms with Crippen LogP contribution in [0.2, 0.25) is 0 Å². The molecule has 1 fully saturated rings. The Bertz CT molecular complexity index is 889. The number of likely N-dealkylation sites (tertiary alicyclic amines) is 1. The monoisotopic (exact) mass is 420 g/mol. The van der Waals surface area contributed by atoms with E-state index in [0.29, 0.717) is 32.3 Å². The minimum atomic E-state index is 0.598. The van der Waals surface area contributed by atoms with Gasteiger partial charge in [0.1, 0.15) is 0 Å². The van der Waals surface area contributed by atoms with Crippen molar-refractivity contribution in [1.82, 2.24) is 10.2 Å². The van der Waals surface area contributed by atoms with Crippen LogP contribution < -0.4 is 20.1 Å². The SMILES string of the molecule is C=CCNC(=NCc1ccc(CN2CCCC2)cc1)Nc1ccc2c(c1)OCCCO2. The van der Waals surface area contributed by atoms with Crippen molar-refractivity contribution in [3.8, 4) is 11.5 Å². The summed E-state index contributed by atoms with van der Waals surface area (Å²) in [6.07, 6.45) is 5.35. The summed E-state index contributed by atoms with van der Waals surface area (Å²) in [5, 5.41) is 6.65. The number of hydrogen-bond donors (Lipinski definition) is 2. The lowest BCUT2D eigenvalue weighted by atomic mass is 10.1. The molecule has 0 spiro atoms. The van der Waals surface area contributed by atoms with Gasteiger partial charge >= 0.3 is 0 Å². The lowest BCUT2D eigenvalue weighted by Crippen LogP contribution is -2.31. The Kier molecular flexibility index (Phi) is 7.45. The standard InChI is InChI=1S/C25H32N4O2/c1-2-12-26-25(28-22-10-11-23-24(17-22)31-16-5-15-30-23)27-18-20-6-8-21(9-7-20)19-29-13-3-4-14-29/h2,6-11,17H,1,3-5,12-16,18-19H2,(H2,26,27,28). The molecule has 2 aromatic rings. The van der Waals surface area contributed by atoms with Gasteiger partial charge in [-0.2, -0.15) is 0 Å². The molecule has 0 radical (unpaired) electrons. The quantitative estimate of drug-likeness (QED) is 0.400. The van der Waals surface area contributed by atoms with Crippen molar-refractivity contribution in [2.45, 2.75) is 32.4 Å². The van der Waals surface area contributed by atoms with Crippen molar-refractivity contribution in [3.05, 3.63) is 66.2 Å². The Morgan fingerprint density at radius 1 is 0.968 bits per heavy atom. The van der Waals surface area contributed by atoms with E-state index < -0.39 is 0 Å². The van der Waals surface area contributed by atoms with Crippen LogP contribution in [0.25, 0.3) is 0 Å². The molecule has 2 aliphatic heterocycles. The van der Waals surface area contributed by atoms with Crippen LogP contribution in [0.5, 0.6) is 11.5 Å². The van der Waals surface area contributed by atoms with Gasteiger partial charge in [-0.3, -0.25) is 4.90 Å².